The molecule has 1 aromatic carbocycles. The van der Waals surface area contributed by atoms with Gasteiger partial charge in [-0.15, -0.1) is 11.3 Å². The molecular weight excluding hydrogens is 454 g/mol. The van der Waals surface area contributed by atoms with Gasteiger partial charge < -0.3 is 14.8 Å². The van der Waals surface area contributed by atoms with Gasteiger partial charge in [-0.05, 0) is 62.3 Å². The Balaban J connectivity index is 1.92. The Bertz CT molecular complexity index is 906. The van der Waals surface area contributed by atoms with Crippen molar-refractivity contribution in [2.45, 2.75) is 46.5 Å². The smallest absolute Gasteiger partial charge is 0.341 e. The van der Waals surface area contributed by atoms with Crippen LogP contribution in [0.3, 0.4) is 0 Å². The number of ether oxygens (including phenoxy) is 2. The third-order valence-electron chi connectivity index (χ3n) is 4.64. The number of aryl methyl sites for hydroxylation is 1. The number of fused-ring (bicyclic) bond motifs is 1. The average Bonchev–Trinajstić information content (AvgIpc) is 3.04. The summed E-state index contributed by atoms with van der Waals surface area (Å²) in [4.78, 5) is 26.9. The number of hydrogen-bond donors (Lipinski definition) is 1. The fourth-order valence-corrected chi connectivity index (χ4v) is 4.94. The fraction of sp³-hybridized carbons (Fsp3) is 0.455. The van der Waals surface area contributed by atoms with Gasteiger partial charge in [-0.3, -0.25) is 4.79 Å². The lowest BCUT2D eigenvalue weighted by atomic mass is 9.95. The molecule has 0 atom stereocenters. The van der Waals surface area contributed by atoms with Crippen LogP contribution in [0.2, 0.25) is 0 Å². The molecule has 0 aliphatic heterocycles. The maximum absolute atomic E-state index is 13.1. The van der Waals surface area contributed by atoms with Crippen LogP contribution < -0.4 is 10.1 Å². The number of rotatable bonds is 7. The van der Waals surface area contributed by atoms with Crippen LogP contribution in [0.5, 0.6) is 5.75 Å². The standard InChI is InChI=1S/C22H26BrNO4S/c1-4-27-22(26)19-15-7-5-6-8-18(15)29-21(19)24-20(25)16-11-14(23)9-10-17(16)28-12-13(2)3/h9-11,13H,4-8,12H2,1-3H3,(H,24,25). The Kier molecular flexibility index (Phi) is 7.35. The molecule has 1 heterocycles. The molecule has 0 spiro atoms. The monoisotopic (exact) mass is 479 g/mol. The molecule has 7 heteroatoms. The van der Waals surface area contributed by atoms with Gasteiger partial charge in [0, 0.05) is 9.35 Å². The number of carbonyl (C=O) groups excluding carboxylic acids is 2. The Labute approximate surface area is 183 Å². The van der Waals surface area contributed by atoms with Crippen molar-refractivity contribution in [3.05, 3.63) is 44.2 Å². The Morgan fingerprint density at radius 3 is 2.72 bits per heavy atom. The number of hydrogen-bond acceptors (Lipinski definition) is 5. The summed E-state index contributed by atoms with van der Waals surface area (Å²) in [7, 11) is 0. The van der Waals surface area contributed by atoms with Gasteiger partial charge in [0.1, 0.15) is 10.8 Å². The minimum atomic E-state index is -0.368. The van der Waals surface area contributed by atoms with Gasteiger partial charge in [0.2, 0.25) is 0 Å². The normalized spacial score (nSPS) is 13.1. The molecule has 1 N–H and O–H groups in total. The zero-order valence-corrected chi connectivity index (χ0v) is 19.4. The second-order valence-corrected chi connectivity index (χ2v) is 9.46. The maximum Gasteiger partial charge on any atom is 0.341 e. The van der Waals surface area contributed by atoms with Crippen molar-refractivity contribution >= 4 is 44.1 Å². The highest BCUT2D eigenvalue weighted by Crippen LogP contribution is 2.39. The van der Waals surface area contributed by atoms with Crippen molar-refractivity contribution in [1.82, 2.24) is 0 Å². The summed E-state index contributed by atoms with van der Waals surface area (Å²) in [5, 5.41) is 3.52. The summed E-state index contributed by atoms with van der Waals surface area (Å²) in [6.07, 6.45) is 3.92. The third-order valence-corrected chi connectivity index (χ3v) is 6.34. The molecule has 0 radical (unpaired) electrons. The van der Waals surface area contributed by atoms with E-state index in [1.807, 2.05) is 6.07 Å². The molecule has 2 aromatic rings. The second kappa shape index (κ2) is 9.76. The van der Waals surface area contributed by atoms with E-state index in [0.29, 0.717) is 41.0 Å². The molecule has 3 rings (SSSR count). The van der Waals surface area contributed by atoms with Crippen LogP contribution in [0.4, 0.5) is 5.00 Å². The van der Waals surface area contributed by atoms with E-state index in [1.54, 1.807) is 19.1 Å². The number of esters is 1. The van der Waals surface area contributed by atoms with E-state index in [2.05, 4.69) is 35.1 Å². The molecular formula is C22H26BrNO4S. The maximum atomic E-state index is 13.1. The van der Waals surface area contributed by atoms with E-state index in [0.717, 1.165) is 35.7 Å². The molecule has 1 aliphatic carbocycles. The number of nitrogens with one attached hydrogen (secondary N) is 1. The first kappa shape index (κ1) is 21.8. The number of halogens is 1. The largest absolute Gasteiger partial charge is 0.492 e. The van der Waals surface area contributed by atoms with Crippen LogP contribution in [-0.4, -0.2) is 25.1 Å². The predicted octanol–water partition coefficient (Wildman–Crippen LogP) is 5.85. The summed E-state index contributed by atoms with van der Waals surface area (Å²) < 4.78 is 11.9. The van der Waals surface area contributed by atoms with E-state index in [9.17, 15) is 9.59 Å². The molecule has 1 amide bonds. The minimum Gasteiger partial charge on any atom is -0.492 e. The number of amides is 1. The minimum absolute atomic E-state index is 0.297. The fourth-order valence-electron chi connectivity index (χ4n) is 3.31. The molecule has 5 nitrogen and oxygen atoms in total. The number of anilines is 1. The van der Waals surface area contributed by atoms with Gasteiger partial charge in [0.15, 0.2) is 0 Å². The number of thiophene rings is 1. The molecule has 1 aromatic heterocycles. The van der Waals surface area contributed by atoms with Crippen molar-refractivity contribution in [2.24, 2.45) is 5.92 Å². The van der Waals surface area contributed by atoms with Crippen molar-refractivity contribution in [3.8, 4) is 5.75 Å². The van der Waals surface area contributed by atoms with Crippen LogP contribution in [0.25, 0.3) is 0 Å². The molecule has 0 saturated carbocycles. The predicted molar refractivity (Wildman–Crippen MR) is 119 cm³/mol. The lowest BCUT2D eigenvalue weighted by molar-refractivity contribution is 0.0526. The van der Waals surface area contributed by atoms with Crippen molar-refractivity contribution in [1.29, 1.82) is 0 Å². The van der Waals surface area contributed by atoms with Crippen LogP contribution in [0, 0.1) is 5.92 Å². The highest BCUT2D eigenvalue weighted by Gasteiger charge is 2.28. The molecule has 29 heavy (non-hydrogen) atoms. The van der Waals surface area contributed by atoms with Crippen molar-refractivity contribution in [3.63, 3.8) is 0 Å². The lowest BCUT2D eigenvalue weighted by Crippen LogP contribution is -2.17. The van der Waals surface area contributed by atoms with Crippen LogP contribution in [-0.2, 0) is 17.6 Å². The summed E-state index contributed by atoms with van der Waals surface area (Å²) in [5.74, 6) is 0.203. The second-order valence-electron chi connectivity index (χ2n) is 7.43. The summed E-state index contributed by atoms with van der Waals surface area (Å²) in [6.45, 7) is 6.72. The molecule has 1 aliphatic rings. The van der Waals surface area contributed by atoms with Crippen LogP contribution >= 0.6 is 27.3 Å². The molecule has 0 unspecified atom stereocenters. The summed E-state index contributed by atoms with van der Waals surface area (Å²) in [6, 6.07) is 5.37. The quantitative estimate of drug-likeness (QED) is 0.505. The number of benzene rings is 1. The number of carbonyl (C=O) groups is 2. The first-order valence-electron chi connectivity index (χ1n) is 9.96. The van der Waals surface area contributed by atoms with Gasteiger partial charge in [-0.1, -0.05) is 29.8 Å². The molecule has 0 bridgehead atoms. The van der Waals surface area contributed by atoms with E-state index in [-0.39, 0.29) is 11.9 Å². The first-order valence-corrected chi connectivity index (χ1v) is 11.6. The van der Waals surface area contributed by atoms with Crippen molar-refractivity contribution in [2.75, 3.05) is 18.5 Å². The third kappa shape index (κ3) is 5.20. The summed E-state index contributed by atoms with van der Waals surface area (Å²) >= 11 is 4.91. The van der Waals surface area contributed by atoms with E-state index >= 15 is 0 Å². The lowest BCUT2D eigenvalue weighted by Gasteiger charge is -2.14. The van der Waals surface area contributed by atoms with Gasteiger partial charge in [-0.2, -0.15) is 0 Å². The average molecular weight is 480 g/mol. The summed E-state index contributed by atoms with van der Waals surface area (Å²) in [5.41, 5.74) is 1.97. The first-order chi connectivity index (χ1) is 13.9. The van der Waals surface area contributed by atoms with E-state index < -0.39 is 0 Å². The van der Waals surface area contributed by atoms with Gasteiger partial charge in [0.05, 0.1) is 24.3 Å². The zero-order valence-electron chi connectivity index (χ0n) is 17.0. The van der Waals surface area contributed by atoms with Crippen molar-refractivity contribution < 1.29 is 19.1 Å². The zero-order chi connectivity index (χ0) is 21.0. The van der Waals surface area contributed by atoms with Gasteiger partial charge >= 0.3 is 5.97 Å². The molecule has 156 valence electrons. The van der Waals surface area contributed by atoms with Crippen LogP contribution in [0.15, 0.2) is 22.7 Å². The highest BCUT2D eigenvalue weighted by atomic mass is 79.9. The van der Waals surface area contributed by atoms with Gasteiger partial charge in [0.25, 0.3) is 5.91 Å². The van der Waals surface area contributed by atoms with E-state index in [1.165, 1.54) is 16.2 Å². The van der Waals surface area contributed by atoms with Crippen LogP contribution in [0.1, 0.15) is 64.8 Å². The topological polar surface area (TPSA) is 64.6 Å². The molecule has 0 saturated heterocycles. The van der Waals surface area contributed by atoms with Gasteiger partial charge in [-0.25, -0.2) is 4.79 Å². The molecule has 0 fully saturated rings. The Morgan fingerprint density at radius 2 is 2.00 bits per heavy atom. The van der Waals surface area contributed by atoms with E-state index in [4.69, 9.17) is 9.47 Å². The highest BCUT2D eigenvalue weighted by molar-refractivity contribution is 9.10. The SMILES string of the molecule is CCOC(=O)c1c(NC(=O)c2cc(Br)ccc2OCC(C)C)sc2c1CCCC2. The Morgan fingerprint density at radius 1 is 1.24 bits per heavy atom. The Hall–Kier alpha value is -1.86.